The van der Waals surface area contributed by atoms with E-state index in [1.54, 1.807) is 0 Å². The van der Waals surface area contributed by atoms with Gasteiger partial charge in [-0.05, 0) is 14.0 Å². The number of likely N-dealkylation sites (N-methyl/N-ethyl adjacent to an activating group) is 2. The number of carboxylic acids is 4. The van der Waals surface area contributed by atoms with Crippen molar-refractivity contribution in [3.8, 4) is 0 Å². The molecule has 0 aromatic carbocycles. The molecule has 0 radical (unpaired) electrons. The fourth-order valence-corrected chi connectivity index (χ4v) is 0.811. The van der Waals surface area contributed by atoms with Gasteiger partial charge in [-0.3, -0.25) is 0 Å². The fraction of sp³-hybridized carbons (Fsp3) is 0.600. The Hall–Kier alpha value is 1.70. The molecule has 0 saturated carbocycles. The molecule has 0 saturated heterocycles. The summed E-state index contributed by atoms with van der Waals surface area (Å²) in [6.07, 6.45) is -1.36. The Kier molecular flexibility index (Phi) is 27.8. The minimum Gasteiger partial charge on any atom is -0.550 e. The summed E-state index contributed by atoms with van der Waals surface area (Å²) in [5, 5.41) is 44.1. The van der Waals surface area contributed by atoms with E-state index in [2.05, 4.69) is 10.6 Å². The predicted octanol–water partition coefficient (Wildman–Crippen LogP) is -13.4. The van der Waals surface area contributed by atoms with E-state index < -0.39 is 48.8 Å². The number of aliphatic carboxylic acids is 4. The minimum absolute atomic E-state index is 0. The Bertz CT molecular complexity index is 375. The Morgan fingerprint density at radius 3 is 1.26 bits per heavy atom. The zero-order valence-corrected chi connectivity index (χ0v) is 20.3. The molecule has 0 spiro atoms. The van der Waals surface area contributed by atoms with Crippen LogP contribution in [0, 0.1) is 0 Å². The number of carboxylic acid groups (broad SMARTS) is 4. The topological polar surface area (TPSA) is 185 Å². The normalized spacial score (nSPS) is 12.0. The maximum atomic E-state index is 10.1. The molecule has 0 heterocycles. The molecule has 0 aliphatic rings. The van der Waals surface area contributed by atoms with Crippen LogP contribution in [0.1, 0.15) is 15.6 Å². The number of nitrogens with one attached hydrogen (secondary N) is 2. The average Bonchev–Trinajstić information content (AvgIpc) is 2.37. The van der Waals surface area contributed by atoms with Crippen LogP contribution in [-0.4, -0.2) is 87.7 Å². The summed E-state index contributed by atoms with van der Waals surface area (Å²) in [4.78, 5) is 39.9. The molecule has 13 heteroatoms. The van der Waals surface area contributed by atoms with Crippen molar-refractivity contribution in [1.29, 1.82) is 0 Å². The van der Waals surface area contributed by atoms with Crippen LogP contribution in [0.15, 0.2) is 0 Å². The van der Waals surface area contributed by atoms with Crippen molar-refractivity contribution in [1.82, 2.24) is 10.6 Å². The van der Waals surface area contributed by atoms with Crippen molar-refractivity contribution in [3.05, 3.63) is 0 Å². The third kappa shape index (κ3) is 23.7. The van der Waals surface area contributed by atoms with E-state index in [0.717, 1.165) is 0 Å². The van der Waals surface area contributed by atoms with Gasteiger partial charge in [0.25, 0.3) is 0 Å². The van der Waals surface area contributed by atoms with Gasteiger partial charge in [-0.2, -0.15) is 0 Å². The van der Waals surface area contributed by atoms with E-state index in [1.807, 2.05) is 0 Å². The molecule has 0 unspecified atom stereocenters. The average molecular weight is 394 g/mol. The second-order valence-corrected chi connectivity index (χ2v) is 3.30. The van der Waals surface area contributed by atoms with Gasteiger partial charge in [0, 0.05) is 27.5 Å². The van der Waals surface area contributed by atoms with Crippen molar-refractivity contribution in [2.24, 2.45) is 0 Å². The van der Waals surface area contributed by atoms with Gasteiger partial charge in [0.05, 0.1) is 24.0 Å². The summed E-state index contributed by atoms with van der Waals surface area (Å²) in [7, 11) is -0.738. The first kappa shape index (κ1) is 29.5. The summed E-state index contributed by atoms with van der Waals surface area (Å²) < 4.78 is 13.1. The van der Waals surface area contributed by atoms with Crippen LogP contribution in [0.25, 0.3) is 0 Å². The molecule has 0 fully saturated rings. The molecule has 0 rings (SSSR count). The maximum absolute atomic E-state index is 10.1. The summed E-state index contributed by atoms with van der Waals surface area (Å²) in [5.74, 6) is -6.05. The third-order valence-corrected chi connectivity index (χ3v) is 1.80. The van der Waals surface area contributed by atoms with Crippen LogP contribution in [0.2, 0.25) is 0 Å². The molecule has 0 aliphatic carbocycles. The summed E-state index contributed by atoms with van der Waals surface area (Å²) >= 11 is 0. The van der Waals surface area contributed by atoms with Crippen LogP contribution in [0.5, 0.6) is 0 Å². The summed E-state index contributed by atoms with van der Waals surface area (Å²) in [6, 6.07) is -2.67. The molecular weight excluding hydrogens is 378 g/mol. The van der Waals surface area contributed by atoms with Crippen LogP contribution >= 0.6 is 0 Å². The van der Waals surface area contributed by atoms with Gasteiger partial charge in [0.15, 0.2) is 0 Å². The third-order valence-electron chi connectivity index (χ3n) is 1.80. The van der Waals surface area contributed by atoms with E-state index in [1.165, 1.54) is 0 Å². The first-order valence-electron chi connectivity index (χ1n) is 6.43. The fourth-order valence-electron chi connectivity index (χ4n) is 0.811. The molecule has 0 aliphatic heterocycles. The van der Waals surface area contributed by atoms with Gasteiger partial charge < -0.3 is 50.2 Å². The van der Waals surface area contributed by atoms with Crippen LogP contribution in [0.4, 0.5) is 0 Å². The Balaban J connectivity index is -0.0000000952. The summed E-state index contributed by atoms with van der Waals surface area (Å²) in [6.45, 7) is 0. The molecule has 0 aromatic heterocycles. The number of hydrogen-bond donors (Lipinski definition) is 2. The van der Waals surface area contributed by atoms with Crippen LogP contribution in [0.3, 0.4) is 0 Å². The SMILES string of the molecule is [2H]CN[C@@H](CC(=O)[O-])C(=O)[O-].[2H]CN[C@@H](CC(=O)[O-])C(=O)[O-].[Ca+2].[K+].[Na+]. The van der Waals surface area contributed by atoms with Crippen LogP contribution < -0.4 is 112 Å². The minimum atomic E-state index is -1.54. The first-order valence-corrected chi connectivity index (χ1v) is 5.02. The van der Waals surface area contributed by atoms with Gasteiger partial charge in [-0.15, -0.1) is 0 Å². The van der Waals surface area contributed by atoms with Crippen molar-refractivity contribution in [2.45, 2.75) is 24.9 Å². The standard InChI is InChI=1S/2C5H9NO4.Ca.K.Na/c2*1-6-3(5(9)10)2-4(7)8;;;/h2*3,6H,2H2,1H3,(H,7,8)(H,9,10);;;/q;;+2;2*+1/p-4/t2*3-;;;/m00.../s1/i2*1D;;;. The van der Waals surface area contributed by atoms with Gasteiger partial charge >= 0.3 is 119 Å². The zero-order valence-electron chi connectivity index (χ0n) is 15.0. The zero-order chi connectivity index (χ0) is 17.7. The predicted molar refractivity (Wildman–Crippen MR) is 60.7 cm³/mol. The van der Waals surface area contributed by atoms with Gasteiger partial charge in [-0.25, -0.2) is 0 Å². The smallest absolute Gasteiger partial charge is 0.550 e. The van der Waals surface area contributed by atoms with Gasteiger partial charge in [-0.1, -0.05) is 0 Å². The van der Waals surface area contributed by atoms with Gasteiger partial charge in [0.2, 0.25) is 0 Å². The van der Waals surface area contributed by atoms with E-state index in [4.69, 9.17) is 2.74 Å². The van der Waals surface area contributed by atoms with Crippen molar-refractivity contribution in [2.75, 3.05) is 14.0 Å². The molecule has 2 N–H and O–H groups in total. The molecule has 10 nitrogen and oxygen atoms in total. The summed E-state index contributed by atoms with van der Waals surface area (Å²) in [5.41, 5.74) is 0. The van der Waals surface area contributed by atoms with E-state index in [-0.39, 0.29) is 133 Å². The molecule has 23 heavy (non-hydrogen) atoms. The quantitative estimate of drug-likeness (QED) is 0.374. The Labute approximate surface area is 230 Å². The number of hydrogen-bond acceptors (Lipinski definition) is 10. The van der Waals surface area contributed by atoms with E-state index in [9.17, 15) is 39.6 Å². The van der Waals surface area contributed by atoms with Crippen LogP contribution in [-0.2, 0) is 19.2 Å². The molecule has 0 amide bonds. The first-order chi connectivity index (χ1) is 10.1. The molecule has 2 atom stereocenters. The number of carbonyl (C=O) groups excluding carboxylic acids is 4. The second kappa shape index (κ2) is 21.7. The van der Waals surface area contributed by atoms with E-state index in [0.29, 0.717) is 0 Å². The largest absolute Gasteiger partial charge is 2.00 e. The Morgan fingerprint density at radius 2 is 1.13 bits per heavy atom. The Morgan fingerprint density at radius 1 is 0.870 bits per heavy atom. The number of carbonyl (C=O) groups is 4. The monoisotopic (exact) mass is 394 g/mol. The van der Waals surface area contributed by atoms with Crippen molar-refractivity contribution < 1.29 is 123 Å². The molecule has 116 valence electrons. The van der Waals surface area contributed by atoms with Crippen molar-refractivity contribution in [3.63, 3.8) is 0 Å². The van der Waals surface area contributed by atoms with Gasteiger partial charge in [0.1, 0.15) is 0 Å². The molecule has 0 bridgehead atoms. The van der Waals surface area contributed by atoms with E-state index >= 15 is 0 Å². The molecule has 0 aromatic rings. The molecular formula is C10H14CaKN2NaO8. The number of rotatable bonds is 8. The maximum Gasteiger partial charge on any atom is 2.00 e. The second-order valence-electron chi connectivity index (χ2n) is 3.30. The van der Waals surface area contributed by atoms with Crippen molar-refractivity contribution >= 4 is 61.6 Å².